The van der Waals surface area contributed by atoms with Crippen molar-refractivity contribution < 1.29 is 5.11 Å². The van der Waals surface area contributed by atoms with E-state index in [1.165, 1.54) is 38.5 Å². The molecule has 0 bridgehead atoms. The number of hydrogen-bond donors (Lipinski definition) is 2. The summed E-state index contributed by atoms with van der Waals surface area (Å²) in [5, 5.41) is 12.3. The molecule has 0 spiro atoms. The van der Waals surface area contributed by atoms with Gasteiger partial charge in [-0.25, -0.2) is 0 Å². The molecule has 2 atom stereocenters. The first-order valence-electron chi connectivity index (χ1n) is 6.71. The molecule has 15 heavy (non-hydrogen) atoms. The molecule has 0 amide bonds. The SMILES string of the molecule is CCC1CCCC(NCCCCO)CC1. The molecular formula is C13H27NO. The van der Waals surface area contributed by atoms with Crippen LogP contribution in [0.5, 0.6) is 0 Å². The second-order valence-electron chi connectivity index (χ2n) is 4.86. The summed E-state index contributed by atoms with van der Waals surface area (Å²) in [5.41, 5.74) is 0. The van der Waals surface area contributed by atoms with Crippen LogP contribution < -0.4 is 5.32 Å². The summed E-state index contributed by atoms with van der Waals surface area (Å²) >= 11 is 0. The smallest absolute Gasteiger partial charge is 0.0431 e. The zero-order valence-corrected chi connectivity index (χ0v) is 10.2. The van der Waals surface area contributed by atoms with Crippen LogP contribution in [0.4, 0.5) is 0 Å². The van der Waals surface area contributed by atoms with Crippen molar-refractivity contribution in [2.75, 3.05) is 13.2 Å². The zero-order chi connectivity index (χ0) is 10.9. The van der Waals surface area contributed by atoms with Crippen molar-refractivity contribution in [2.45, 2.75) is 64.3 Å². The lowest BCUT2D eigenvalue weighted by molar-refractivity contribution is 0.282. The molecule has 90 valence electrons. The summed E-state index contributed by atoms with van der Waals surface area (Å²) in [6.07, 6.45) is 10.4. The molecule has 2 N–H and O–H groups in total. The molecule has 0 radical (unpaired) electrons. The van der Waals surface area contributed by atoms with Crippen LogP contribution in [-0.2, 0) is 0 Å². The van der Waals surface area contributed by atoms with Crippen molar-refractivity contribution in [3.8, 4) is 0 Å². The predicted octanol–water partition coefficient (Wildman–Crippen LogP) is 2.71. The standard InChI is InChI=1S/C13H27NO/c1-2-12-6-5-7-13(9-8-12)14-10-3-4-11-15/h12-15H,2-11H2,1H3. The van der Waals surface area contributed by atoms with Gasteiger partial charge in [-0.1, -0.05) is 26.2 Å². The van der Waals surface area contributed by atoms with E-state index in [1.54, 1.807) is 0 Å². The molecule has 1 rings (SSSR count). The van der Waals surface area contributed by atoms with Gasteiger partial charge in [0.2, 0.25) is 0 Å². The average molecular weight is 213 g/mol. The van der Waals surface area contributed by atoms with Gasteiger partial charge in [0.25, 0.3) is 0 Å². The normalized spacial score (nSPS) is 27.6. The summed E-state index contributed by atoms with van der Waals surface area (Å²) in [7, 11) is 0. The number of unbranched alkanes of at least 4 members (excludes halogenated alkanes) is 1. The van der Waals surface area contributed by atoms with E-state index in [4.69, 9.17) is 5.11 Å². The number of rotatable bonds is 6. The molecule has 0 aromatic rings. The summed E-state index contributed by atoms with van der Waals surface area (Å²) in [6, 6.07) is 0.750. The first-order chi connectivity index (χ1) is 7.36. The molecule has 2 heteroatoms. The lowest BCUT2D eigenvalue weighted by atomic mass is 9.98. The Bertz CT molecular complexity index is 149. The van der Waals surface area contributed by atoms with Crippen LogP contribution in [0.3, 0.4) is 0 Å². The molecule has 2 nitrogen and oxygen atoms in total. The molecule has 0 heterocycles. The summed E-state index contributed by atoms with van der Waals surface area (Å²) in [6.45, 7) is 3.74. The van der Waals surface area contributed by atoms with Crippen molar-refractivity contribution >= 4 is 0 Å². The van der Waals surface area contributed by atoms with Crippen LogP contribution in [0.1, 0.15) is 58.3 Å². The van der Waals surface area contributed by atoms with Gasteiger partial charge in [0, 0.05) is 12.6 Å². The summed E-state index contributed by atoms with van der Waals surface area (Å²) in [5.74, 6) is 0.981. The van der Waals surface area contributed by atoms with Crippen LogP contribution in [-0.4, -0.2) is 24.3 Å². The molecular weight excluding hydrogens is 186 g/mol. The molecule has 1 saturated carbocycles. The summed E-state index contributed by atoms with van der Waals surface area (Å²) < 4.78 is 0. The Morgan fingerprint density at radius 2 is 2.00 bits per heavy atom. The van der Waals surface area contributed by atoms with E-state index in [1.807, 2.05) is 0 Å². The monoisotopic (exact) mass is 213 g/mol. The van der Waals surface area contributed by atoms with Crippen molar-refractivity contribution in [2.24, 2.45) is 5.92 Å². The van der Waals surface area contributed by atoms with Crippen LogP contribution in [0.15, 0.2) is 0 Å². The Morgan fingerprint density at radius 3 is 2.73 bits per heavy atom. The van der Waals surface area contributed by atoms with Crippen LogP contribution in [0, 0.1) is 5.92 Å². The zero-order valence-electron chi connectivity index (χ0n) is 10.2. The van der Waals surface area contributed by atoms with Crippen molar-refractivity contribution in [3.63, 3.8) is 0 Å². The molecule has 0 aromatic heterocycles. The molecule has 0 saturated heterocycles. The van der Waals surface area contributed by atoms with E-state index < -0.39 is 0 Å². The molecule has 2 unspecified atom stereocenters. The number of aliphatic hydroxyl groups excluding tert-OH is 1. The third-order valence-corrected chi connectivity index (χ3v) is 3.68. The number of aliphatic hydroxyl groups is 1. The second kappa shape index (κ2) is 8.12. The van der Waals surface area contributed by atoms with E-state index in [9.17, 15) is 0 Å². The minimum Gasteiger partial charge on any atom is -0.396 e. The second-order valence-corrected chi connectivity index (χ2v) is 4.86. The van der Waals surface area contributed by atoms with Gasteiger partial charge in [-0.15, -0.1) is 0 Å². The lowest BCUT2D eigenvalue weighted by Crippen LogP contribution is -2.29. The molecule has 1 aliphatic rings. The Kier molecular flexibility index (Phi) is 7.03. The van der Waals surface area contributed by atoms with E-state index in [-0.39, 0.29) is 0 Å². The Labute approximate surface area is 94.5 Å². The molecule has 0 aliphatic heterocycles. The van der Waals surface area contributed by atoms with Gasteiger partial charge in [0.15, 0.2) is 0 Å². The van der Waals surface area contributed by atoms with Crippen molar-refractivity contribution in [3.05, 3.63) is 0 Å². The van der Waals surface area contributed by atoms with E-state index in [0.29, 0.717) is 6.61 Å². The maximum atomic E-state index is 8.69. The lowest BCUT2D eigenvalue weighted by Gasteiger charge is -2.16. The Hall–Kier alpha value is -0.0800. The highest BCUT2D eigenvalue weighted by Crippen LogP contribution is 2.25. The topological polar surface area (TPSA) is 32.3 Å². The van der Waals surface area contributed by atoms with Gasteiger partial charge < -0.3 is 10.4 Å². The quantitative estimate of drug-likeness (QED) is 0.525. The molecule has 1 fully saturated rings. The highest BCUT2D eigenvalue weighted by Gasteiger charge is 2.16. The van der Waals surface area contributed by atoms with Gasteiger partial charge in [-0.2, -0.15) is 0 Å². The van der Waals surface area contributed by atoms with Gasteiger partial charge in [-0.05, 0) is 44.6 Å². The third-order valence-electron chi connectivity index (χ3n) is 3.68. The van der Waals surface area contributed by atoms with Gasteiger partial charge >= 0.3 is 0 Å². The Morgan fingerprint density at radius 1 is 1.13 bits per heavy atom. The van der Waals surface area contributed by atoms with Gasteiger partial charge in [0.05, 0.1) is 0 Å². The number of hydrogen-bond acceptors (Lipinski definition) is 2. The van der Waals surface area contributed by atoms with Crippen LogP contribution in [0.25, 0.3) is 0 Å². The van der Waals surface area contributed by atoms with E-state index in [0.717, 1.165) is 31.3 Å². The minimum atomic E-state index is 0.338. The van der Waals surface area contributed by atoms with Crippen LogP contribution in [0.2, 0.25) is 0 Å². The fourth-order valence-corrected chi connectivity index (χ4v) is 2.53. The highest BCUT2D eigenvalue weighted by atomic mass is 16.2. The van der Waals surface area contributed by atoms with Gasteiger partial charge in [-0.3, -0.25) is 0 Å². The first-order valence-corrected chi connectivity index (χ1v) is 6.71. The predicted molar refractivity (Wildman–Crippen MR) is 65.0 cm³/mol. The fraction of sp³-hybridized carbons (Fsp3) is 1.00. The minimum absolute atomic E-state index is 0.338. The van der Waals surface area contributed by atoms with E-state index in [2.05, 4.69) is 12.2 Å². The maximum Gasteiger partial charge on any atom is 0.0431 e. The van der Waals surface area contributed by atoms with Crippen LogP contribution >= 0.6 is 0 Å². The third kappa shape index (κ3) is 5.53. The van der Waals surface area contributed by atoms with Crippen molar-refractivity contribution in [1.82, 2.24) is 5.32 Å². The van der Waals surface area contributed by atoms with Crippen molar-refractivity contribution in [1.29, 1.82) is 0 Å². The average Bonchev–Trinajstić information content (AvgIpc) is 2.49. The number of nitrogens with one attached hydrogen (secondary N) is 1. The molecule has 1 aliphatic carbocycles. The largest absolute Gasteiger partial charge is 0.396 e. The fourth-order valence-electron chi connectivity index (χ4n) is 2.53. The highest BCUT2D eigenvalue weighted by molar-refractivity contribution is 4.74. The molecule has 0 aromatic carbocycles. The maximum absolute atomic E-state index is 8.69. The van der Waals surface area contributed by atoms with Gasteiger partial charge in [0.1, 0.15) is 0 Å². The van der Waals surface area contributed by atoms with E-state index >= 15 is 0 Å². The first kappa shape index (κ1) is 13.0. The summed E-state index contributed by atoms with van der Waals surface area (Å²) in [4.78, 5) is 0. The Balaban J connectivity index is 2.08.